The summed E-state index contributed by atoms with van der Waals surface area (Å²) in [6.07, 6.45) is 0. The van der Waals surface area contributed by atoms with Gasteiger partial charge in [-0.2, -0.15) is 0 Å². The van der Waals surface area contributed by atoms with Gasteiger partial charge < -0.3 is 9.47 Å². The Morgan fingerprint density at radius 2 is 1.54 bits per heavy atom. The van der Waals surface area contributed by atoms with Crippen LogP contribution in [0.5, 0.6) is 11.5 Å². The Labute approximate surface area is 157 Å². The number of benzene rings is 3. The van der Waals surface area contributed by atoms with Crippen LogP contribution >= 0.6 is 0 Å². The Hall–Kier alpha value is -3.09. The van der Waals surface area contributed by atoms with Crippen LogP contribution in [0.4, 0.5) is 22.0 Å². The van der Waals surface area contributed by atoms with Crippen LogP contribution in [0.15, 0.2) is 42.5 Å². The molecule has 0 aromatic heterocycles. The first-order valence-corrected chi connectivity index (χ1v) is 8.32. The molecule has 0 saturated heterocycles. The quantitative estimate of drug-likeness (QED) is 0.367. The van der Waals surface area contributed by atoms with Crippen molar-refractivity contribution in [1.82, 2.24) is 0 Å². The molecule has 0 saturated carbocycles. The van der Waals surface area contributed by atoms with E-state index in [1.54, 1.807) is 6.92 Å². The van der Waals surface area contributed by atoms with Crippen molar-refractivity contribution in [2.45, 2.75) is 6.92 Å². The number of ether oxygens (including phenoxy) is 2. The fraction of sp³-hybridized carbons (Fsp3) is 0.143. The summed E-state index contributed by atoms with van der Waals surface area (Å²) >= 11 is 0. The first-order chi connectivity index (χ1) is 13.4. The monoisotopic (exact) mass is 394 g/mol. The van der Waals surface area contributed by atoms with Gasteiger partial charge in [-0.05, 0) is 48.7 Å². The Bertz CT molecular complexity index is 1060. The van der Waals surface area contributed by atoms with Crippen LogP contribution in [-0.2, 0) is 0 Å². The zero-order valence-electron chi connectivity index (χ0n) is 15.0. The number of rotatable bonds is 5. The topological polar surface area (TPSA) is 18.5 Å². The lowest BCUT2D eigenvalue weighted by atomic mass is 10.0. The first-order valence-electron chi connectivity index (χ1n) is 8.32. The van der Waals surface area contributed by atoms with Gasteiger partial charge in [0.1, 0.15) is 5.75 Å². The van der Waals surface area contributed by atoms with E-state index in [1.165, 1.54) is 43.5 Å². The maximum Gasteiger partial charge on any atom is 0.175 e. The molecule has 7 heteroatoms. The molecule has 3 aromatic carbocycles. The third-order valence-corrected chi connectivity index (χ3v) is 4.16. The smallest absolute Gasteiger partial charge is 0.175 e. The zero-order chi connectivity index (χ0) is 20.4. The van der Waals surface area contributed by atoms with E-state index < -0.39 is 40.1 Å². The molecule has 0 amide bonds. The van der Waals surface area contributed by atoms with Gasteiger partial charge in [0.2, 0.25) is 0 Å². The number of halogens is 5. The van der Waals surface area contributed by atoms with Gasteiger partial charge >= 0.3 is 0 Å². The lowest BCUT2D eigenvalue weighted by Crippen LogP contribution is -1.99. The zero-order valence-corrected chi connectivity index (χ0v) is 15.0. The molecule has 3 aromatic rings. The average Bonchev–Trinajstić information content (AvgIpc) is 2.70. The molecule has 0 unspecified atom stereocenters. The fourth-order valence-corrected chi connectivity index (χ4v) is 2.79. The van der Waals surface area contributed by atoms with Crippen LogP contribution in [0.2, 0.25) is 0 Å². The molecule has 146 valence electrons. The summed E-state index contributed by atoms with van der Waals surface area (Å²) < 4.78 is 82.1. The number of hydrogen-bond donors (Lipinski definition) is 0. The van der Waals surface area contributed by atoms with Crippen molar-refractivity contribution in [2.75, 3.05) is 13.7 Å². The molecular formula is C21H15F5O2. The molecule has 0 aliphatic rings. The molecule has 0 spiro atoms. The third-order valence-electron chi connectivity index (χ3n) is 4.16. The third kappa shape index (κ3) is 3.40. The van der Waals surface area contributed by atoms with Gasteiger partial charge in [-0.15, -0.1) is 0 Å². The van der Waals surface area contributed by atoms with E-state index in [2.05, 4.69) is 0 Å². The molecule has 0 atom stereocenters. The molecule has 0 bridgehead atoms. The molecule has 0 heterocycles. The normalized spacial score (nSPS) is 12.1. The van der Waals surface area contributed by atoms with Crippen LogP contribution in [0.3, 0.4) is 0 Å². The van der Waals surface area contributed by atoms with Crippen molar-refractivity contribution in [3.63, 3.8) is 0 Å². The molecule has 2 nitrogen and oxygen atoms in total. The van der Waals surface area contributed by atoms with Gasteiger partial charge in [0.05, 0.1) is 24.7 Å². The van der Waals surface area contributed by atoms with Gasteiger partial charge in [-0.1, -0.05) is 6.07 Å². The average molecular weight is 394 g/mol. The molecule has 3 rings (SSSR count). The van der Waals surface area contributed by atoms with Gasteiger partial charge in [-0.3, -0.25) is 0 Å². The number of methoxy groups -OCH3 is 1. The summed E-state index contributed by atoms with van der Waals surface area (Å²) in [6.45, 7) is 2.17. The summed E-state index contributed by atoms with van der Waals surface area (Å²) in [5.41, 5.74) is -1.12. The fourth-order valence-electron chi connectivity index (χ4n) is 2.79. The van der Waals surface area contributed by atoms with Crippen molar-refractivity contribution in [1.29, 1.82) is 0 Å². The highest BCUT2D eigenvalue weighted by atomic mass is 19.2. The van der Waals surface area contributed by atoms with Crippen molar-refractivity contribution in [3.05, 3.63) is 71.0 Å². The van der Waals surface area contributed by atoms with Crippen molar-refractivity contribution in [3.8, 4) is 11.5 Å². The Kier molecular flexibility index (Phi) is 5.53. The van der Waals surface area contributed by atoms with Crippen molar-refractivity contribution in [2.24, 2.45) is 0 Å². The molecule has 0 fully saturated rings. The lowest BCUT2D eigenvalue weighted by Gasteiger charge is -2.10. The molecule has 28 heavy (non-hydrogen) atoms. The van der Waals surface area contributed by atoms with E-state index in [0.717, 1.165) is 6.07 Å². The largest absolute Gasteiger partial charge is 0.494 e. The Morgan fingerprint density at radius 3 is 2.14 bits per heavy atom. The molecule has 0 aliphatic carbocycles. The van der Waals surface area contributed by atoms with Crippen LogP contribution in [0.25, 0.3) is 22.4 Å². The summed E-state index contributed by atoms with van der Waals surface area (Å²) in [6, 6.07) is 8.60. The summed E-state index contributed by atoms with van der Waals surface area (Å²) in [4.78, 5) is 0. The maximum atomic E-state index is 14.6. The van der Waals surface area contributed by atoms with E-state index in [0.29, 0.717) is 12.4 Å². The van der Waals surface area contributed by atoms with E-state index in [4.69, 9.17) is 9.47 Å². The lowest BCUT2D eigenvalue weighted by molar-refractivity contribution is 0.340. The van der Waals surface area contributed by atoms with Crippen LogP contribution in [0.1, 0.15) is 18.1 Å². The molecule has 0 N–H and O–H groups in total. The minimum absolute atomic E-state index is 0.137. The highest BCUT2D eigenvalue weighted by Crippen LogP contribution is 2.36. The predicted molar refractivity (Wildman–Crippen MR) is 97.0 cm³/mol. The number of fused-ring (bicyclic) bond motifs is 1. The number of hydrogen-bond acceptors (Lipinski definition) is 2. The van der Waals surface area contributed by atoms with Crippen molar-refractivity contribution < 1.29 is 31.4 Å². The second-order valence-corrected chi connectivity index (χ2v) is 5.82. The summed E-state index contributed by atoms with van der Waals surface area (Å²) in [7, 11) is 1.17. The minimum Gasteiger partial charge on any atom is -0.494 e. The van der Waals surface area contributed by atoms with Gasteiger partial charge in [-0.25, -0.2) is 22.0 Å². The van der Waals surface area contributed by atoms with Crippen molar-refractivity contribution >= 4 is 22.4 Å². The standard InChI is InChI=1S/C21H15F5O2/c1-3-28-13-7-4-11(5-8-13)17(22)18(23)14-10-12-6-9-15(27-2)20(25)16(12)21(26)19(14)24/h4-10H,3H2,1-2H3. The van der Waals surface area contributed by atoms with Gasteiger partial charge in [0.25, 0.3) is 0 Å². The second-order valence-electron chi connectivity index (χ2n) is 5.82. The van der Waals surface area contributed by atoms with E-state index >= 15 is 0 Å². The van der Waals surface area contributed by atoms with Gasteiger partial charge in [0.15, 0.2) is 34.9 Å². The minimum atomic E-state index is -1.70. The van der Waals surface area contributed by atoms with E-state index in [1.807, 2.05) is 0 Å². The molecular weight excluding hydrogens is 379 g/mol. The summed E-state index contributed by atoms with van der Waals surface area (Å²) in [5.74, 6) is -7.27. The highest BCUT2D eigenvalue weighted by Gasteiger charge is 2.23. The first kappa shape index (κ1) is 19.7. The Morgan fingerprint density at radius 1 is 0.857 bits per heavy atom. The van der Waals surface area contributed by atoms with Crippen LogP contribution in [0, 0.1) is 17.5 Å². The molecule has 0 aliphatic heterocycles. The highest BCUT2D eigenvalue weighted by molar-refractivity contribution is 5.91. The SMILES string of the molecule is CCOc1ccc(C(F)=C(F)c2cc3ccc(OC)c(F)c3c(F)c2F)cc1. The molecule has 0 radical (unpaired) electrons. The summed E-state index contributed by atoms with van der Waals surface area (Å²) in [5, 5.41) is -0.836. The maximum absolute atomic E-state index is 14.6. The van der Waals surface area contributed by atoms with Crippen LogP contribution < -0.4 is 9.47 Å². The Balaban J connectivity index is 2.14. The predicted octanol–water partition coefficient (Wildman–Crippen LogP) is 6.43. The van der Waals surface area contributed by atoms with E-state index in [-0.39, 0.29) is 16.7 Å². The van der Waals surface area contributed by atoms with Gasteiger partial charge in [0, 0.05) is 5.56 Å². The van der Waals surface area contributed by atoms with E-state index in [9.17, 15) is 22.0 Å². The second kappa shape index (κ2) is 7.88. The van der Waals surface area contributed by atoms with Crippen LogP contribution in [-0.4, -0.2) is 13.7 Å².